The second-order valence-electron chi connectivity index (χ2n) is 24.0. The van der Waals surface area contributed by atoms with Gasteiger partial charge in [-0.25, -0.2) is 9.59 Å². The molecule has 0 spiro atoms. The molecule has 2 bridgehead atoms. The fraction of sp³-hybridized carbons (Fsp3) is 0.552. The highest BCUT2D eigenvalue weighted by molar-refractivity contribution is 6.13. The number of amides is 5. The van der Waals surface area contributed by atoms with Crippen molar-refractivity contribution in [3.63, 3.8) is 0 Å². The molecule has 2 aromatic carbocycles. The van der Waals surface area contributed by atoms with E-state index in [1.807, 2.05) is 37.3 Å². The summed E-state index contributed by atoms with van der Waals surface area (Å²) in [4.78, 5) is 102. The average molecular weight is 1120 g/mol. The van der Waals surface area contributed by atoms with Crippen LogP contribution in [0.3, 0.4) is 0 Å². The van der Waals surface area contributed by atoms with Crippen LogP contribution in [0, 0.1) is 34.0 Å². The molecule has 432 valence electrons. The van der Waals surface area contributed by atoms with Gasteiger partial charge in [0, 0.05) is 65.9 Å². The molecule has 0 aromatic heterocycles. The topological polar surface area (TPSA) is 343 Å². The van der Waals surface area contributed by atoms with Gasteiger partial charge in [-0.15, -0.1) is 0 Å². The molecule has 14 atom stereocenters. The minimum absolute atomic E-state index is 0.0305. The van der Waals surface area contributed by atoms with Crippen molar-refractivity contribution in [2.75, 3.05) is 25.0 Å². The molecule has 3 aliphatic heterocycles. The number of anilines is 1. The van der Waals surface area contributed by atoms with E-state index < -0.39 is 119 Å². The molecule has 7 aliphatic carbocycles. The number of carbonyl (C=O) groups is 8. The third-order valence-electron chi connectivity index (χ3n) is 19.0. The first-order chi connectivity index (χ1) is 38.5. The highest BCUT2D eigenvalue weighted by Crippen LogP contribution is 2.71. The number of Topliss-reactive ketones (excluding diaryl/α,β-unsaturated/α-hetero) is 1. The fourth-order valence-corrected chi connectivity index (χ4v) is 15.4. The number of hydrogen-bond donors (Lipinski definition) is 9. The minimum atomic E-state index is -1.99. The summed E-state index contributed by atoms with van der Waals surface area (Å²) in [6, 6.07) is 12.0. The van der Waals surface area contributed by atoms with E-state index in [9.17, 15) is 69.0 Å². The molecule has 9 N–H and O–H groups in total. The largest absolute Gasteiger partial charge is 0.479 e. The minimum Gasteiger partial charge on any atom is -0.479 e. The second-order valence-corrected chi connectivity index (χ2v) is 24.0. The Morgan fingerprint density at radius 2 is 1.57 bits per heavy atom. The molecule has 81 heavy (non-hydrogen) atoms. The number of nitrogens with one attached hydrogen (secondary N) is 3. The summed E-state index contributed by atoms with van der Waals surface area (Å²) in [7, 11) is 0. The standard InChI is InChI=1S/C58H66N4O19/c1-54-16-13-33(64)20-32(54)8-9-34-35-21-40-58(39(66)24-63,55(35,2)23-37(65)45(34)54)81-51(79-40)31-6-3-29(4-7-31)22-56-26-57(27-56,28-56)61-53(76)77-25-30-5-10-38(78-52-48(73)46(71)47(72)49(80-52)50(74)75)36(19-30)60-42(68)14-17-59-41(67)15-18-62-43(69)11-12-44(62)70/h3-7,10-13,16,19-20,34-35,37,40,45-49,51-52,63,65,71-73H,8-9,14-15,17-18,21-28H2,1-2H3,(H,59,67)(H,60,68)(H,61,76)(H,74,75)/t34-,35-,37-,40+,45+,46-,47-,48+,49-,51-,52+,54-,55-,56?,57?,58+/m0/s1. The molecule has 0 unspecified atom stereocenters. The number of benzene rings is 2. The quantitative estimate of drug-likeness (QED) is 0.0960. The Morgan fingerprint density at radius 1 is 0.852 bits per heavy atom. The van der Waals surface area contributed by atoms with E-state index in [0.717, 1.165) is 46.6 Å². The van der Waals surface area contributed by atoms with Gasteiger partial charge in [-0.3, -0.25) is 33.7 Å². The maximum Gasteiger partial charge on any atom is 0.407 e. The fourth-order valence-electron chi connectivity index (χ4n) is 15.4. The molecule has 8 fully saturated rings. The summed E-state index contributed by atoms with van der Waals surface area (Å²) >= 11 is 0. The first-order valence-electron chi connectivity index (χ1n) is 27.5. The van der Waals surface area contributed by atoms with Gasteiger partial charge in [0.05, 0.1) is 17.9 Å². The number of ketones is 2. The number of alkyl carbamates (subject to hydrolysis) is 1. The van der Waals surface area contributed by atoms with Crippen molar-refractivity contribution in [2.45, 2.75) is 145 Å². The number of allylic oxidation sites excluding steroid dienone is 4. The van der Waals surface area contributed by atoms with E-state index in [4.69, 9.17) is 23.7 Å². The van der Waals surface area contributed by atoms with Crippen LogP contribution in [0.1, 0.15) is 94.6 Å². The van der Waals surface area contributed by atoms with E-state index in [-0.39, 0.29) is 79.3 Å². The summed E-state index contributed by atoms with van der Waals surface area (Å²) < 4.78 is 30.1. The van der Waals surface area contributed by atoms with Gasteiger partial charge >= 0.3 is 12.1 Å². The number of nitrogens with zero attached hydrogens (tertiary/aromatic N) is 1. The van der Waals surface area contributed by atoms with Crippen LogP contribution in [0.4, 0.5) is 10.5 Å². The zero-order valence-electron chi connectivity index (χ0n) is 44.6. The summed E-state index contributed by atoms with van der Waals surface area (Å²) in [6.07, 6.45) is -0.583. The summed E-state index contributed by atoms with van der Waals surface area (Å²) in [5, 5.41) is 71.3. The van der Waals surface area contributed by atoms with Crippen molar-refractivity contribution in [3.05, 3.63) is 95.1 Å². The van der Waals surface area contributed by atoms with Crippen LogP contribution in [-0.2, 0) is 65.5 Å². The third-order valence-corrected chi connectivity index (χ3v) is 19.0. The van der Waals surface area contributed by atoms with E-state index in [1.54, 1.807) is 12.2 Å². The zero-order valence-corrected chi connectivity index (χ0v) is 44.6. The number of aliphatic hydroxyl groups is 5. The van der Waals surface area contributed by atoms with Crippen molar-refractivity contribution < 1.29 is 92.7 Å². The van der Waals surface area contributed by atoms with Crippen molar-refractivity contribution >= 4 is 52.9 Å². The normalized spacial score (nSPS) is 37.6. The number of carboxylic acids is 1. The van der Waals surface area contributed by atoms with Crippen molar-refractivity contribution in [1.82, 2.24) is 15.5 Å². The molecule has 6 saturated carbocycles. The number of hydrogen-bond acceptors (Lipinski definition) is 18. The van der Waals surface area contributed by atoms with Crippen molar-refractivity contribution in [1.29, 1.82) is 0 Å². The van der Waals surface area contributed by atoms with E-state index in [2.05, 4.69) is 22.9 Å². The lowest BCUT2D eigenvalue weighted by Crippen LogP contribution is -2.75. The Labute approximate surface area is 464 Å². The van der Waals surface area contributed by atoms with Crippen LogP contribution in [0.15, 0.2) is 78.4 Å². The lowest BCUT2D eigenvalue weighted by molar-refractivity contribution is -0.271. The van der Waals surface area contributed by atoms with Gasteiger partial charge < -0.3 is 70.3 Å². The second kappa shape index (κ2) is 20.9. The Balaban J connectivity index is 0.682. The lowest BCUT2D eigenvalue weighted by atomic mass is 9.38. The number of imide groups is 1. The number of aliphatic carboxylic acids is 1. The molecule has 10 aliphatic rings. The number of rotatable bonds is 18. The SMILES string of the molecule is C[C@]12C=CC(=O)C=C1CC[C@@H]1[C@@H]2[C@@H](O)C[C@@]2(C)[C@H]1C[C@H]1O[C@H](c3ccc(CC45CC(NC(=O)OCc6ccc(O[C@@H]7O[C@H](C(=O)O)[C@@H](O)[C@H](O)[C@H]7O)c(NC(=O)CCNC(=O)CCN7C(=O)C=CC7=O)c6)(C4)C5)cc3)O[C@]12C(=O)CO. The number of ether oxygens (including phenoxy) is 5. The molecule has 2 aromatic rings. The predicted octanol–water partition coefficient (Wildman–Crippen LogP) is 1.71. The maximum absolute atomic E-state index is 14.0. The lowest BCUT2D eigenvalue weighted by Gasteiger charge is -2.70. The first kappa shape index (κ1) is 56.2. The smallest absolute Gasteiger partial charge is 0.407 e. The van der Waals surface area contributed by atoms with Gasteiger partial charge in [0.15, 0.2) is 29.6 Å². The molecule has 12 rings (SSSR count). The van der Waals surface area contributed by atoms with Gasteiger partial charge in [-0.2, -0.15) is 0 Å². The van der Waals surface area contributed by atoms with Gasteiger partial charge in [0.2, 0.25) is 18.1 Å². The van der Waals surface area contributed by atoms with Crippen LogP contribution >= 0.6 is 0 Å². The molecule has 0 radical (unpaired) electrons. The Hall–Kier alpha value is -6.70. The maximum atomic E-state index is 14.0. The Bertz CT molecular complexity index is 3010. The zero-order chi connectivity index (χ0) is 57.6. The van der Waals surface area contributed by atoms with Gasteiger partial charge in [0.25, 0.3) is 11.8 Å². The number of carboxylic acid groups (broad SMARTS) is 1. The first-order valence-corrected chi connectivity index (χ1v) is 27.5. The summed E-state index contributed by atoms with van der Waals surface area (Å²) in [5.74, 6) is -4.72. The highest BCUT2D eigenvalue weighted by Gasteiger charge is 2.76. The van der Waals surface area contributed by atoms with Crippen molar-refractivity contribution in [3.8, 4) is 5.75 Å². The summed E-state index contributed by atoms with van der Waals surface area (Å²) in [6.45, 7) is 2.78. The molecule has 2 saturated heterocycles. The van der Waals surface area contributed by atoms with Gasteiger partial charge in [-0.05, 0) is 104 Å². The third kappa shape index (κ3) is 9.77. The highest BCUT2D eigenvalue weighted by atomic mass is 16.7. The van der Waals surface area contributed by atoms with Gasteiger partial charge in [0.1, 0.15) is 37.3 Å². The number of aliphatic hydroxyl groups excluding tert-OH is 5. The molecule has 3 heterocycles. The van der Waals surface area contributed by atoms with Crippen LogP contribution in [0.5, 0.6) is 5.75 Å². The van der Waals surface area contributed by atoms with E-state index in [1.165, 1.54) is 18.2 Å². The van der Waals surface area contributed by atoms with Crippen LogP contribution in [0.25, 0.3) is 0 Å². The average Bonchev–Trinajstić information content (AvgIpc) is 2.24. The molecule has 5 amide bonds. The summed E-state index contributed by atoms with van der Waals surface area (Å²) in [5.41, 5.74) is -0.172. The van der Waals surface area contributed by atoms with Crippen LogP contribution < -0.4 is 20.7 Å². The number of fused-ring (bicyclic) bond motifs is 7. The number of carbonyl (C=O) groups excluding carboxylic acids is 7. The molecule has 23 heteroatoms. The van der Waals surface area contributed by atoms with E-state index in [0.29, 0.717) is 37.7 Å². The van der Waals surface area contributed by atoms with Crippen molar-refractivity contribution in [2.24, 2.45) is 34.0 Å². The monoisotopic (exact) mass is 1120 g/mol. The van der Waals surface area contributed by atoms with Crippen LogP contribution in [0.2, 0.25) is 0 Å². The molecular formula is C58H66N4O19. The van der Waals surface area contributed by atoms with Crippen LogP contribution in [-0.4, -0.2) is 157 Å². The molecular weight excluding hydrogens is 1060 g/mol. The predicted molar refractivity (Wildman–Crippen MR) is 278 cm³/mol. The van der Waals surface area contributed by atoms with E-state index >= 15 is 0 Å². The molecule has 23 nitrogen and oxygen atoms in total. The Morgan fingerprint density at radius 3 is 2.27 bits per heavy atom. The Kier molecular flexibility index (Phi) is 14.5. The van der Waals surface area contributed by atoms with Gasteiger partial charge in [-0.1, -0.05) is 55.8 Å².